The number of hydrogen-bond donors (Lipinski definition) is 1. The van der Waals surface area contributed by atoms with E-state index in [0.717, 1.165) is 9.93 Å². The summed E-state index contributed by atoms with van der Waals surface area (Å²) in [6.45, 7) is 3.80. The third-order valence-corrected chi connectivity index (χ3v) is 2.24. The van der Waals surface area contributed by atoms with Crippen molar-refractivity contribution in [3.8, 4) is 0 Å². The van der Waals surface area contributed by atoms with Crippen molar-refractivity contribution in [3.63, 3.8) is 0 Å². The Morgan fingerprint density at radius 3 is 2.45 bits per heavy atom. The Bertz CT molecular complexity index is 185. The second-order valence-electron chi connectivity index (χ2n) is 1.64. The molecule has 0 heterocycles. The lowest BCUT2D eigenvalue weighted by molar-refractivity contribution is 1.51. The summed E-state index contributed by atoms with van der Waals surface area (Å²) >= 11 is 3.14. The fourth-order valence-electron chi connectivity index (χ4n) is 0.419. The largest absolute Gasteiger partial charge is 0.390 e. The Labute approximate surface area is 76.0 Å². The minimum atomic E-state index is 0.881. The van der Waals surface area contributed by atoms with Gasteiger partial charge in [-0.15, -0.1) is 23.5 Å². The van der Waals surface area contributed by atoms with Gasteiger partial charge in [0.15, 0.2) is 0 Å². The van der Waals surface area contributed by atoms with E-state index in [-0.39, 0.29) is 0 Å². The summed E-state index contributed by atoms with van der Waals surface area (Å²) in [5.74, 6) is 0. The van der Waals surface area contributed by atoms with Gasteiger partial charge in [0.2, 0.25) is 0 Å². The first kappa shape index (κ1) is 10.7. The van der Waals surface area contributed by atoms with E-state index in [4.69, 9.17) is 5.73 Å². The van der Waals surface area contributed by atoms with E-state index >= 15 is 0 Å². The van der Waals surface area contributed by atoms with Gasteiger partial charge in [-0.2, -0.15) is 0 Å². The molecule has 0 amide bonds. The van der Waals surface area contributed by atoms with Gasteiger partial charge in [-0.25, -0.2) is 4.99 Å². The zero-order valence-electron chi connectivity index (χ0n) is 6.70. The van der Waals surface area contributed by atoms with Crippen LogP contribution in [0, 0.1) is 0 Å². The van der Waals surface area contributed by atoms with Gasteiger partial charge in [-0.05, 0) is 18.6 Å². The van der Waals surface area contributed by atoms with E-state index in [1.165, 1.54) is 6.34 Å². The van der Waals surface area contributed by atoms with E-state index in [1.54, 1.807) is 23.5 Å². The van der Waals surface area contributed by atoms with E-state index < -0.39 is 0 Å². The van der Waals surface area contributed by atoms with Crippen molar-refractivity contribution in [1.29, 1.82) is 0 Å². The molecule has 0 atom stereocenters. The van der Waals surface area contributed by atoms with Gasteiger partial charge in [0.05, 0.1) is 11.4 Å². The van der Waals surface area contributed by atoms with Crippen molar-refractivity contribution in [3.05, 3.63) is 22.6 Å². The Morgan fingerprint density at radius 2 is 2.09 bits per heavy atom. The van der Waals surface area contributed by atoms with Gasteiger partial charge in [0.1, 0.15) is 0 Å². The molecule has 0 aliphatic rings. The molecule has 0 bridgehead atoms. The van der Waals surface area contributed by atoms with Gasteiger partial charge in [-0.3, -0.25) is 0 Å². The second kappa shape index (κ2) is 6.37. The first-order chi connectivity index (χ1) is 5.24. The van der Waals surface area contributed by atoms with Crippen LogP contribution in [0.4, 0.5) is 0 Å². The van der Waals surface area contributed by atoms with E-state index in [1.807, 2.05) is 18.6 Å². The summed E-state index contributed by atoms with van der Waals surface area (Å²) in [7, 11) is 0. The summed E-state index contributed by atoms with van der Waals surface area (Å²) in [6.07, 6.45) is 7.12. The van der Waals surface area contributed by atoms with Gasteiger partial charge in [-0.1, -0.05) is 6.58 Å². The van der Waals surface area contributed by atoms with E-state index in [2.05, 4.69) is 11.6 Å². The van der Waals surface area contributed by atoms with Crippen molar-refractivity contribution < 1.29 is 0 Å². The molecule has 0 aliphatic heterocycles. The highest BCUT2D eigenvalue weighted by Crippen LogP contribution is 2.19. The molecule has 11 heavy (non-hydrogen) atoms. The number of rotatable bonds is 4. The zero-order chi connectivity index (χ0) is 8.69. The highest BCUT2D eigenvalue weighted by atomic mass is 32.2. The fraction of sp³-hybridized carbons (Fsp3) is 0.286. The lowest BCUT2D eigenvalue weighted by Gasteiger charge is -1.96. The number of thioether (sulfide) groups is 2. The maximum atomic E-state index is 5.14. The topological polar surface area (TPSA) is 38.4 Å². The van der Waals surface area contributed by atoms with Gasteiger partial charge < -0.3 is 5.73 Å². The molecule has 2 nitrogen and oxygen atoms in total. The molecule has 0 radical (unpaired) electrons. The second-order valence-corrected chi connectivity index (χ2v) is 3.39. The van der Waals surface area contributed by atoms with Crippen LogP contribution < -0.4 is 5.73 Å². The molecule has 4 heteroatoms. The van der Waals surface area contributed by atoms with Crippen LogP contribution >= 0.6 is 23.5 Å². The minimum Gasteiger partial charge on any atom is -0.390 e. The summed E-state index contributed by atoms with van der Waals surface area (Å²) in [6, 6.07) is 0. The van der Waals surface area contributed by atoms with Crippen molar-refractivity contribution >= 4 is 29.9 Å². The number of aliphatic imine (C=N–C) groups is 1. The van der Waals surface area contributed by atoms with Crippen molar-refractivity contribution in [2.75, 3.05) is 12.5 Å². The SMILES string of the molecule is C=C(/C=C(\N=CN)SC)SC. The Morgan fingerprint density at radius 1 is 1.45 bits per heavy atom. The van der Waals surface area contributed by atoms with Gasteiger partial charge in [0.25, 0.3) is 0 Å². The molecule has 62 valence electrons. The molecular weight excluding hydrogens is 176 g/mol. The molecule has 0 rings (SSSR count). The summed E-state index contributed by atoms with van der Waals surface area (Å²) < 4.78 is 0. The monoisotopic (exact) mass is 188 g/mol. The molecular formula is C7H12N2S2. The molecule has 0 saturated heterocycles. The maximum Gasteiger partial charge on any atom is 0.0985 e. The Kier molecular flexibility index (Phi) is 6.16. The number of hydrogen-bond acceptors (Lipinski definition) is 3. The summed E-state index contributed by atoms with van der Waals surface area (Å²) in [4.78, 5) is 4.92. The molecule has 0 aromatic carbocycles. The zero-order valence-corrected chi connectivity index (χ0v) is 8.34. The quantitative estimate of drug-likeness (QED) is 0.417. The van der Waals surface area contributed by atoms with E-state index in [0.29, 0.717) is 0 Å². The highest BCUT2D eigenvalue weighted by Gasteiger charge is 1.90. The number of nitrogens with two attached hydrogens (primary N) is 1. The molecule has 0 spiro atoms. The summed E-state index contributed by atoms with van der Waals surface area (Å²) in [5, 5.41) is 0.881. The highest BCUT2D eigenvalue weighted by molar-refractivity contribution is 8.03. The molecule has 0 saturated carbocycles. The van der Waals surface area contributed by atoms with Crippen LogP contribution in [0.5, 0.6) is 0 Å². The van der Waals surface area contributed by atoms with Crippen LogP contribution in [0.25, 0.3) is 0 Å². The van der Waals surface area contributed by atoms with Gasteiger partial charge >= 0.3 is 0 Å². The minimum absolute atomic E-state index is 0.881. The van der Waals surface area contributed by atoms with E-state index in [9.17, 15) is 0 Å². The smallest absolute Gasteiger partial charge is 0.0985 e. The third-order valence-electron chi connectivity index (χ3n) is 0.958. The molecule has 2 N–H and O–H groups in total. The Hall–Kier alpha value is -0.350. The predicted octanol–water partition coefficient (Wildman–Crippen LogP) is 2.05. The van der Waals surface area contributed by atoms with Crippen LogP contribution in [0.2, 0.25) is 0 Å². The van der Waals surface area contributed by atoms with Crippen LogP contribution in [-0.4, -0.2) is 18.9 Å². The predicted molar refractivity (Wildman–Crippen MR) is 56.9 cm³/mol. The average molecular weight is 188 g/mol. The third kappa shape index (κ3) is 4.98. The van der Waals surface area contributed by atoms with Crippen LogP contribution in [-0.2, 0) is 0 Å². The van der Waals surface area contributed by atoms with Crippen LogP contribution in [0.1, 0.15) is 0 Å². The lowest BCUT2D eigenvalue weighted by Crippen LogP contribution is -1.88. The Balaban J connectivity index is 4.22. The van der Waals surface area contributed by atoms with Crippen LogP contribution in [0.15, 0.2) is 27.6 Å². The molecule has 0 aromatic heterocycles. The maximum absolute atomic E-state index is 5.14. The molecule has 0 aliphatic carbocycles. The number of allylic oxidation sites excluding steroid dienone is 1. The first-order valence-corrected chi connectivity index (χ1v) is 5.42. The van der Waals surface area contributed by atoms with Crippen molar-refractivity contribution in [1.82, 2.24) is 0 Å². The molecule has 0 fully saturated rings. The fourth-order valence-corrected chi connectivity index (χ4v) is 1.15. The van der Waals surface area contributed by atoms with Crippen molar-refractivity contribution in [2.24, 2.45) is 10.7 Å². The summed E-state index contributed by atoms with van der Waals surface area (Å²) in [5.41, 5.74) is 5.14. The normalized spacial score (nSPS) is 12.4. The average Bonchev–Trinajstić information content (AvgIpc) is 2.03. The lowest BCUT2D eigenvalue weighted by atomic mass is 10.6. The number of nitrogens with zero attached hydrogens (tertiary/aromatic N) is 1. The van der Waals surface area contributed by atoms with Crippen LogP contribution in [0.3, 0.4) is 0 Å². The first-order valence-electron chi connectivity index (χ1n) is 2.97. The molecule has 0 unspecified atom stereocenters. The van der Waals surface area contributed by atoms with Crippen molar-refractivity contribution in [2.45, 2.75) is 0 Å². The molecule has 0 aromatic rings. The van der Waals surface area contributed by atoms with Gasteiger partial charge in [0, 0.05) is 4.91 Å². The standard InChI is InChI=1S/C7H12N2S2/c1-6(10-2)4-7(11-3)9-5-8/h4-5H,1H2,2-3H3,(H2,8,9)/b7-4+.